The third kappa shape index (κ3) is 4.39. The molecule has 5 N–H and O–H groups in total. The maximum Gasteiger partial charge on any atom is 0.319 e. The number of hydrogen-bond donors (Lipinski definition) is 4. The summed E-state index contributed by atoms with van der Waals surface area (Å²) in [5.74, 6) is 0.284. The Kier molecular flexibility index (Phi) is 5.21. The second kappa shape index (κ2) is 7.56. The van der Waals surface area contributed by atoms with Crippen molar-refractivity contribution in [3.63, 3.8) is 0 Å². The summed E-state index contributed by atoms with van der Waals surface area (Å²) in [6.07, 6.45) is 2.01. The maximum atomic E-state index is 12.3. The lowest BCUT2D eigenvalue weighted by molar-refractivity contribution is 0.0951. The zero-order chi connectivity index (χ0) is 18.7. The number of hydrogen-bond acceptors (Lipinski definition) is 7. The Morgan fingerprint density at radius 2 is 2.12 bits per heavy atom. The van der Waals surface area contributed by atoms with Crippen LogP contribution < -0.4 is 26.4 Å². The Bertz CT molecular complexity index is 820. The van der Waals surface area contributed by atoms with Gasteiger partial charge in [0.2, 0.25) is 5.13 Å². The lowest BCUT2D eigenvalue weighted by atomic mass is 10.1. The van der Waals surface area contributed by atoms with Gasteiger partial charge in [0.1, 0.15) is 10.8 Å². The minimum atomic E-state index is -0.454. The van der Waals surface area contributed by atoms with Gasteiger partial charge in [-0.25, -0.2) is 4.79 Å². The zero-order valence-corrected chi connectivity index (χ0v) is 15.2. The Labute approximate surface area is 154 Å². The summed E-state index contributed by atoms with van der Waals surface area (Å²) in [4.78, 5) is 24.5. The third-order valence-corrected chi connectivity index (χ3v) is 4.73. The highest BCUT2D eigenvalue weighted by Gasteiger charge is 2.24. The van der Waals surface area contributed by atoms with E-state index in [-0.39, 0.29) is 18.0 Å². The zero-order valence-electron chi connectivity index (χ0n) is 14.4. The lowest BCUT2D eigenvalue weighted by Gasteiger charge is -2.15. The SMILES string of the molecule is COc1ccc(C(=O)NC2CC2)cc1NC(=O)NC(C)c1nnc(N)s1. The smallest absolute Gasteiger partial charge is 0.319 e. The fourth-order valence-corrected chi connectivity index (χ4v) is 2.89. The minimum absolute atomic E-state index is 0.170. The van der Waals surface area contributed by atoms with Crippen molar-refractivity contribution in [3.05, 3.63) is 28.8 Å². The number of carbonyl (C=O) groups is 2. The number of anilines is 2. The Morgan fingerprint density at radius 3 is 2.73 bits per heavy atom. The van der Waals surface area contributed by atoms with E-state index in [1.165, 1.54) is 18.4 Å². The number of urea groups is 1. The average Bonchev–Trinajstić information content (AvgIpc) is 3.31. The predicted molar refractivity (Wildman–Crippen MR) is 98.4 cm³/mol. The average molecular weight is 376 g/mol. The summed E-state index contributed by atoms with van der Waals surface area (Å²) in [7, 11) is 1.50. The summed E-state index contributed by atoms with van der Waals surface area (Å²) in [6, 6.07) is 4.33. The van der Waals surface area contributed by atoms with E-state index < -0.39 is 6.03 Å². The van der Waals surface area contributed by atoms with Gasteiger partial charge < -0.3 is 26.4 Å². The molecule has 2 aromatic rings. The van der Waals surface area contributed by atoms with E-state index in [0.29, 0.717) is 27.1 Å². The number of amides is 3. The molecule has 3 rings (SSSR count). The molecule has 1 aliphatic rings. The van der Waals surface area contributed by atoms with Crippen LogP contribution in [0.15, 0.2) is 18.2 Å². The molecular weight excluding hydrogens is 356 g/mol. The highest BCUT2D eigenvalue weighted by Crippen LogP contribution is 2.27. The number of nitrogens with two attached hydrogens (primary N) is 1. The third-order valence-electron chi connectivity index (χ3n) is 3.80. The quantitative estimate of drug-likeness (QED) is 0.609. The number of benzene rings is 1. The van der Waals surface area contributed by atoms with Crippen LogP contribution >= 0.6 is 11.3 Å². The first kappa shape index (κ1) is 17.9. The summed E-state index contributed by atoms with van der Waals surface area (Å²) < 4.78 is 5.26. The highest BCUT2D eigenvalue weighted by atomic mass is 32.1. The molecule has 0 spiro atoms. The first-order valence-electron chi connectivity index (χ1n) is 8.11. The number of carbonyl (C=O) groups excluding carboxylic acids is 2. The number of aromatic nitrogens is 2. The van der Waals surface area contributed by atoms with Gasteiger partial charge in [-0.3, -0.25) is 4.79 Å². The van der Waals surface area contributed by atoms with Gasteiger partial charge in [-0.05, 0) is 38.0 Å². The Balaban J connectivity index is 1.68. The Hall–Kier alpha value is -2.88. The molecule has 1 saturated carbocycles. The summed E-state index contributed by atoms with van der Waals surface area (Å²) in [6.45, 7) is 1.77. The number of methoxy groups -OCH3 is 1. The monoisotopic (exact) mass is 376 g/mol. The van der Waals surface area contributed by atoms with Crippen molar-refractivity contribution in [2.24, 2.45) is 0 Å². The molecule has 10 heteroatoms. The molecule has 1 aliphatic carbocycles. The summed E-state index contributed by atoms with van der Waals surface area (Å²) in [5, 5.41) is 16.9. The van der Waals surface area contributed by atoms with E-state index in [1.807, 2.05) is 0 Å². The van der Waals surface area contributed by atoms with E-state index in [4.69, 9.17) is 10.5 Å². The van der Waals surface area contributed by atoms with Crippen LogP contribution in [-0.4, -0.2) is 35.3 Å². The van der Waals surface area contributed by atoms with E-state index in [0.717, 1.165) is 12.8 Å². The normalized spacial score (nSPS) is 14.4. The topological polar surface area (TPSA) is 131 Å². The van der Waals surface area contributed by atoms with Gasteiger partial charge >= 0.3 is 6.03 Å². The van der Waals surface area contributed by atoms with Crippen LogP contribution in [0.3, 0.4) is 0 Å². The van der Waals surface area contributed by atoms with Gasteiger partial charge in [-0.15, -0.1) is 10.2 Å². The van der Waals surface area contributed by atoms with Gasteiger partial charge in [0, 0.05) is 11.6 Å². The van der Waals surface area contributed by atoms with Crippen molar-refractivity contribution >= 4 is 34.1 Å². The molecule has 138 valence electrons. The van der Waals surface area contributed by atoms with Crippen molar-refractivity contribution in [3.8, 4) is 5.75 Å². The van der Waals surface area contributed by atoms with Gasteiger partial charge in [-0.1, -0.05) is 11.3 Å². The molecule has 9 nitrogen and oxygen atoms in total. The van der Waals surface area contributed by atoms with Crippen LogP contribution in [0, 0.1) is 0 Å². The molecule has 1 atom stereocenters. The lowest BCUT2D eigenvalue weighted by Crippen LogP contribution is -2.31. The second-order valence-corrected chi connectivity index (χ2v) is 7.00. The molecule has 1 heterocycles. The van der Waals surface area contributed by atoms with E-state index >= 15 is 0 Å². The van der Waals surface area contributed by atoms with Gasteiger partial charge in [-0.2, -0.15) is 0 Å². The van der Waals surface area contributed by atoms with Crippen LogP contribution in [0.5, 0.6) is 5.75 Å². The van der Waals surface area contributed by atoms with Crippen LogP contribution in [-0.2, 0) is 0 Å². The molecule has 0 radical (unpaired) electrons. The molecule has 0 bridgehead atoms. The van der Waals surface area contributed by atoms with Crippen molar-refractivity contribution in [1.29, 1.82) is 0 Å². The number of rotatable bonds is 6. The minimum Gasteiger partial charge on any atom is -0.495 e. The predicted octanol–water partition coefficient (Wildman–Crippen LogP) is 1.90. The Morgan fingerprint density at radius 1 is 1.35 bits per heavy atom. The van der Waals surface area contributed by atoms with E-state index in [1.54, 1.807) is 25.1 Å². The first-order chi connectivity index (χ1) is 12.5. The first-order valence-corrected chi connectivity index (χ1v) is 8.93. The van der Waals surface area contributed by atoms with Gasteiger partial charge in [0.05, 0.1) is 18.8 Å². The van der Waals surface area contributed by atoms with Crippen LogP contribution in [0.2, 0.25) is 0 Å². The van der Waals surface area contributed by atoms with E-state index in [2.05, 4.69) is 26.1 Å². The molecule has 1 unspecified atom stereocenters. The molecule has 3 amide bonds. The second-order valence-electron chi connectivity index (χ2n) is 5.96. The highest BCUT2D eigenvalue weighted by molar-refractivity contribution is 7.15. The van der Waals surface area contributed by atoms with Gasteiger partial charge in [0.15, 0.2) is 0 Å². The van der Waals surface area contributed by atoms with Crippen LogP contribution in [0.25, 0.3) is 0 Å². The van der Waals surface area contributed by atoms with Crippen LogP contribution in [0.4, 0.5) is 15.6 Å². The molecule has 1 aromatic carbocycles. The fraction of sp³-hybridized carbons (Fsp3) is 0.375. The molecular formula is C16H20N6O3S. The summed E-state index contributed by atoms with van der Waals surface area (Å²) in [5.41, 5.74) is 6.41. The molecule has 0 saturated heterocycles. The molecule has 26 heavy (non-hydrogen) atoms. The van der Waals surface area contributed by atoms with Crippen molar-refractivity contribution in [2.45, 2.75) is 31.8 Å². The van der Waals surface area contributed by atoms with Crippen molar-refractivity contribution in [2.75, 3.05) is 18.2 Å². The molecule has 1 aromatic heterocycles. The van der Waals surface area contributed by atoms with Crippen molar-refractivity contribution < 1.29 is 14.3 Å². The largest absolute Gasteiger partial charge is 0.495 e. The fourth-order valence-electron chi connectivity index (χ4n) is 2.28. The number of nitrogen functional groups attached to an aromatic ring is 1. The van der Waals surface area contributed by atoms with E-state index in [9.17, 15) is 9.59 Å². The number of nitrogens with one attached hydrogen (secondary N) is 3. The molecule has 0 aliphatic heterocycles. The summed E-state index contributed by atoms with van der Waals surface area (Å²) >= 11 is 1.21. The number of nitrogens with zero attached hydrogens (tertiary/aromatic N) is 2. The molecule has 1 fully saturated rings. The maximum absolute atomic E-state index is 12.3. The standard InChI is InChI=1S/C16H20N6O3S/c1-8(14-21-22-15(17)26-14)18-16(24)20-11-7-9(3-6-12(11)25-2)13(23)19-10-4-5-10/h3,6-8,10H,4-5H2,1-2H3,(H2,17,22)(H,19,23)(H2,18,20,24). The van der Waals surface area contributed by atoms with Gasteiger partial charge in [0.25, 0.3) is 5.91 Å². The van der Waals surface area contributed by atoms with Crippen molar-refractivity contribution in [1.82, 2.24) is 20.8 Å². The number of ether oxygens (including phenoxy) is 1. The van der Waals surface area contributed by atoms with Crippen LogP contribution in [0.1, 0.15) is 41.2 Å².